The van der Waals surface area contributed by atoms with E-state index in [9.17, 15) is 4.79 Å². The van der Waals surface area contributed by atoms with E-state index in [0.717, 1.165) is 12.1 Å². The number of carbonyl (C=O) groups excluding carboxylic acids is 1. The fraction of sp³-hybridized carbons (Fsp3) is 0.364. The molecule has 0 fully saturated rings. The van der Waals surface area contributed by atoms with Crippen LogP contribution in [0.4, 0.5) is 5.69 Å². The van der Waals surface area contributed by atoms with Gasteiger partial charge in [-0.05, 0) is 24.6 Å². The Labute approximate surface area is 100.0 Å². The molecular weight excluding hydrogens is 226 g/mol. The number of nitrogens with one attached hydrogen (secondary N) is 1. The Bertz CT molecular complexity index is 381. The van der Waals surface area contributed by atoms with Crippen molar-refractivity contribution in [3.05, 3.63) is 28.8 Å². The van der Waals surface area contributed by atoms with Crippen molar-refractivity contribution >= 4 is 23.2 Å². The molecule has 0 bridgehead atoms. The molecule has 0 aliphatic heterocycles. The predicted octanol–water partition coefficient (Wildman–Crippen LogP) is 1.59. The van der Waals surface area contributed by atoms with Crippen molar-refractivity contribution in [1.82, 2.24) is 0 Å². The SMILES string of the molecule is CCC(N)CNc1ccc(C(N)=O)c(Cl)c1. The molecule has 88 valence electrons. The summed E-state index contributed by atoms with van der Waals surface area (Å²) in [5.74, 6) is -0.526. The number of hydrogen-bond donors (Lipinski definition) is 3. The summed E-state index contributed by atoms with van der Waals surface area (Å²) in [4.78, 5) is 10.9. The summed E-state index contributed by atoms with van der Waals surface area (Å²) < 4.78 is 0. The van der Waals surface area contributed by atoms with Crippen molar-refractivity contribution in [1.29, 1.82) is 0 Å². The second kappa shape index (κ2) is 5.72. The van der Waals surface area contributed by atoms with Gasteiger partial charge in [0, 0.05) is 18.3 Å². The van der Waals surface area contributed by atoms with E-state index in [1.54, 1.807) is 18.2 Å². The first kappa shape index (κ1) is 12.8. The van der Waals surface area contributed by atoms with Crippen molar-refractivity contribution in [2.24, 2.45) is 11.5 Å². The Balaban J connectivity index is 2.70. The number of halogens is 1. The van der Waals surface area contributed by atoms with Gasteiger partial charge < -0.3 is 16.8 Å². The lowest BCUT2D eigenvalue weighted by Gasteiger charge is -2.12. The lowest BCUT2D eigenvalue weighted by molar-refractivity contribution is 0.100. The molecule has 0 aromatic heterocycles. The number of anilines is 1. The van der Waals surface area contributed by atoms with Crippen LogP contribution in [0.5, 0.6) is 0 Å². The second-order valence-electron chi connectivity index (χ2n) is 3.61. The van der Waals surface area contributed by atoms with Crippen molar-refractivity contribution in [2.75, 3.05) is 11.9 Å². The van der Waals surface area contributed by atoms with Gasteiger partial charge in [0.15, 0.2) is 0 Å². The largest absolute Gasteiger partial charge is 0.383 e. The van der Waals surface area contributed by atoms with Crippen LogP contribution in [0.25, 0.3) is 0 Å². The Kier molecular flexibility index (Phi) is 4.58. The minimum atomic E-state index is -0.526. The van der Waals surface area contributed by atoms with Crippen LogP contribution in [-0.4, -0.2) is 18.5 Å². The number of primary amides is 1. The third-order valence-electron chi connectivity index (χ3n) is 2.33. The molecule has 0 saturated heterocycles. The van der Waals surface area contributed by atoms with Crippen molar-refractivity contribution in [3.8, 4) is 0 Å². The van der Waals surface area contributed by atoms with Gasteiger partial charge in [0.05, 0.1) is 10.6 Å². The first-order valence-electron chi connectivity index (χ1n) is 5.13. The average molecular weight is 242 g/mol. The minimum Gasteiger partial charge on any atom is -0.383 e. The molecule has 16 heavy (non-hydrogen) atoms. The lowest BCUT2D eigenvalue weighted by Crippen LogP contribution is -2.28. The molecule has 5 N–H and O–H groups in total. The molecule has 1 rings (SSSR count). The smallest absolute Gasteiger partial charge is 0.250 e. The molecule has 1 aromatic carbocycles. The summed E-state index contributed by atoms with van der Waals surface area (Å²) in [7, 11) is 0. The molecule has 0 aliphatic carbocycles. The Hall–Kier alpha value is -1.26. The highest BCUT2D eigenvalue weighted by Gasteiger charge is 2.07. The highest BCUT2D eigenvalue weighted by molar-refractivity contribution is 6.34. The van der Waals surface area contributed by atoms with Crippen LogP contribution in [-0.2, 0) is 0 Å². The number of hydrogen-bond acceptors (Lipinski definition) is 3. The summed E-state index contributed by atoms with van der Waals surface area (Å²) in [6, 6.07) is 5.14. The van der Waals surface area contributed by atoms with Crippen molar-refractivity contribution < 1.29 is 4.79 Å². The Morgan fingerprint density at radius 3 is 2.75 bits per heavy atom. The van der Waals surface area contributed by atoms with Crippen LogP contribution in [0.1, 0.15) is 23.7 Å². The fourth-order valence-corrected chi connectivity index (χ4v) is 1.49. The minimum absolute atomic E-state index is 0.106. The van der Waals surface area contributed by atoms with Gasteiger partial charge in [0.1, 0.15) is 0 Å². The maximum atomic E-state index is 10.9. The highest BCUT2D eigenvalue weighted by atomic mass is 35.5. The third-order valence-corrected chi connectivity index (χ3v) is 2.64. The fourth-order valence-electron chi connectivity index (χ4n) is 1.22. The first-order valence-corrected chi connectivity index (χ1v) is 5.51. The zero-order valence-corrected chi connectivity index (χ0v) is 9.92. The maximum absolute atomic E-state index is 10.9. The van der Waals surface area contributed by atoms with E-state index >= 15 is 0 Å². The van der Waals surface area contributed by atoms with Crippen molar-refractivity contribution in [2.45, 2.75) is 19.4 Å². The summed E-state index contributed by atoms with van der Waals surface area (Å²) in [5.41, 5.74) is 12.1. The topological polar surface area (TPSA) is 81.1 Å². The van der Waals surface area contributed by atoms with E-state index in [2.05, 4.69) is 5.32 Å². The standard InChI is InChI=1S/C11H16ClN3O/c1-2-7(13)6-15-8-3-4-9(11(14)16)10(12)5-8/h3-5,7,15H,2,6,13H2,1H3,(H2,14,16). The van der Waals surface area contributed by atoms with Crippen LogP contribution in [0.2, 0.25) is 5.02 Å². The molecule has 0 saturated carbocycles. The summed E-state index contributed by atoms with van der Waals surface area (Å²) >= 11 is 5.90. The quantitative estimate of drug-likeness (QED) is 0.732. The van der Waals surface area contributed by atoms with E-state index in [-0.39, 0.29) is 6.04 Å². The molecule has 0 spiro atoms. The van der Waals surface area contributed by atoms with Crippen LogP contribution in [0.15, 0.2) is 18.2 Å². The molecule has 0 aliphatic rings. The van der Waals surface area contributed by atoms with Crippen molar-refractivity contribution in [3.63, 3.8) is 0 Å². The predicted molar refractivity (Wildman–Crippen MR) is 66.7 cm³/mol. The summed E-state index contributed by atoms with van der Waals surface area (Å²) in [6.45, 7) is 2.69. The van der Waals surface area contributed by atoms with Gasteiger partial charge in [-0.2, -0.15) is 0 Å². The number of amides is 1. The number of rotatable bonds is 5. The Morgan fingerprint density at radius 2 is 2.25 bits per heavy atom. The van der Waals surface area contributed by atoms with Crippen LogP contribution in [0, 0.1) is 0 Å². The van der Waals surface area contributed by atoms with E-state index in [4.69, 9.17) is 23.1 Å². The van der Waals surface area contributed by atoms with Gasteiger partial charge in [-0.3, -0.25) is 4.79 Å². The van der Waals surface area contributed by atoms with Gasteiger partial charge in [0.2, 0.25) is 5.91 Å². The van der Waals surface area contributed by atoms with E-state index in [1.807, 2.05) is 6.92 Å². The van der Waals surface area contributed by atoms with Gasteiger partial charge in [-0.15, -0.1) is 0 Å². The lowest BCUT2D eigenvalue weighted by atomic mass is 10.2. The molecule has 1 atom stereocenters. The summed E-state index contributed by atoms with van der Waals surface area (Å²) in [5, 5.41) is 3.49. The monoisotopic (exact) mass is 241 g/mol. The van der Waals surface area contributed by atoms with Crippen LogP contribution < -0.4 is 16.8 Å². The summed E-state index contributed by atoms with van der Waals surface area (Å²) in [6.07, 6.45) is 0.903. The number of nitrogens with two attached hydrogens (primary N) is 2. The first-order chi connectivity index (χ1) is 7.54. The van der Waals surface area contributed by atoms with Gasteiger partial charge in [-0.25, -0.2) is 0 Å². The maximum Gasteiger partial charge on any atom is 0.250 e. The zero-order chi connectivity index (χ0) is 12.1. The normalized spacial score (nSPS) is 12.2. The molecule has 0 radical (unpaired) electrons. The molecular formula is C11H16ClN3O. The molecule has 1 unspecified atom stereocenters. The van der Waals surface area contributed by atoms with E-state index in [0.29, 0.717) is 17.1 Å². The van der Waals surface area contributed by atoms with Gasteiger partial charge in [0.25, 0.3) is 0 Å². The van der Waals surface area contributed by atoms with Crippen LogP contribution >= 0.6 is 11.6 Å². The molecule has 5 heteroatoms. The van der Waals surface area contributed by atoms with Gasteiger partial charge >= 0.3 is 0 Å². The number of carbonyl (C=O) groups is 1. The third kappa shape index (κ3) is 3.40. The molecule has 0 heterocycles. The van der Waals surface area contributed by atoms with E-state index in [1.165, 1.54) is 0 Å². The van der Waals surface area contributed by atoms with Gasteiger partial charge in [-0.1, -0.05) is 18.5 Å². The molecule has 1 aromatic rings. The molecule has 1 amide bonds. The second-order valence-corrected chi connectivity index (χ2v) is 4.02. The molecule has 4 nitrogen and oxygen atoms in total. The van der Waals surface area contributed by atoms with E-state index < -0.39 is 5.91 Å². The average Bonchev–Trinajstić information content (AvgIpc) is 2.25. The highest BCUT2D eigenvalue weighted by Crippen LogP contribution is 2.20. The zero-order valence-electron chi connectivity index (χ0n) is 9.16. The van der Waals surface area contributed by atoms with Crippen LogP contribution in [0.3, 0.4) is 0 Å². The number of benzene rings is 1. The Morgan fingerprint density at radius 1 is 1.56 bits per heavy atom.